The van der Waals surface area contributed by atoms with Crippen LogP contribution in [0.4, 0.5) is 0 Å². The molecule has 21 heavy (non-hydrogen) atoms. The van der Waals surface area contributed by atoms with Crippen LogP contribution in [0.5, 0.6) is 5.75 Å². The zero-order valence-corrected chi connectivity index (χ0v) is 13.0. The van der Waals surface area contributed by atoms with Gasteiger partial charge in [-0.25, -0.2) is 0 Å². The maximum absolute atomic E-state index is 12.0. The molecule has 2 rings (SSSR count). The largest absolute Gasteiger partial charge is 0.490 e. The highest BCUT2D eigenvalue weighted by Crippen LogP contribution is 2.14. The molecule has 0 fully saturated rings. The Labute approximate surface area is 132 Å². The predicted octanol–water partition coefficient (Wildman–Crippen LogP) is 4.91. The topological polar surface area (TPSA) is 26.3 Å². The van der Waals surface area contributed by atoms with Crippen molar-refractivity contribution in [1.82, 2.24) is 0 Å². The van der Waals surface area contributed by atoms with Crippen LogP contribution in [0.3, 0.4) is 0 Å². The van der Waals surface area contributed by atoms with E-state index in [0.717, 1.165) is 15.8 Å². The maximum Gasteiger partial charge on any atom is 0.185 e. The van der Waals surface area contributed by atoms with E-state index in [1.807, 2.05) is 36.4 Å². The summed E-state index contributed by atoms with van der Waals surface area (Å²) in [5, 5.41) is 0. The molecule has 106 valence electrons. The second-order valence-electron chi connectivity index (χ2n) is 4.37. The van der Waals surface area contributed by atoms with Crippen LogP contribution in [-0.2, 0) is 0 Å². The van der Waals surface area contributed by atoms with Crippen LogP contribution in [0.2, 0.25) is 0 Å². The van der Waals surface area contributed by atoms with E-state index in [9.17, 15) is 4.79 Å². The third kappa shape index (κ3) is 4.72. The van der Waals surface area contributed by atoms with Crippen molar-refractivity contribution in [2.75, 3.05) is 6.61 Å². The number of carbonyl (C=O) groups is 1. The van der Waals surface area contributed by atoms with Gasteiger partial charge in [0.05, 0.1) is 0 Å². The number of ether oxygens (including phenoxy) is 1. The summed E-state index contributed by atoms with van der Waals surface area (Å²) in [5.74, 6) is 0.765. The number of hydrogen-bond acceptors (Lipinski definition) is 2. The molecule has 0 atom stereocenters. The van der Waals surface area contributed by atoms with Gasteiger partial charge in [0.1, 0.15) is 12.4 Å². The standard InChI is InChI=1S/C18H15BrO2/c1-2-13-21-17-10-3-14(4-11-17)5-12-18(20)15-6-8-16(19)9-7-15/h2-12H,1,13H2/b12-5+. The van der Waals surface area contributed by atoms with E-state index in [1.165, 1.54) is 0 Å². The first-order chi connectivity index (χ1) is 10.2. The molecule has 0 N–H and O–H groups in total. The van der Waals surface area contributed by atoms with Crippen LogP contribution in [0.1, 0.15) is 15.9 Å². The second-order valence-corrected chi connectivity index (χ2v) is 5.29. The van der Waals surface area contributed by atoms with Crippen molar-refractivity contribution in [3.05, 3.63) is 82.9 Å². The molecule has 2 aromatic carbocycles. The Balaban J connectivity index is 2.01. The van der Waals surface area contributed by atoms with E-state index in [-0.39, 0.29) is 5.78 Å². The van der Waals surface area contributed by atoms with E-state index in [2.05, 4.69) is 22.5 Å². The number of hydrogen-bond donors (Lipinski definition) is 0. The molecule has 0 aliphatic heterocycles. The molecule has 0 aliphatic rings. The van der Waals surface area contributed by atoms with Gasteiger partial charge in [0.15, 0.2) is 5.78 Å². The Hall–Kier alpha value is -2.13. The van der Waals surface area contributed by atoms with Crippen LogP contribution in [0.25, 0.3) is 6.08 Å². The zero-order valence-electron chi connectivity index (χ0n) is 11.5. The van der Waals surface area contributed by atoms with E-state index in [4.69, 9.17) is 4.74 Å². The summed E-state index contributed by atoms with van der Waals surface area (Å²) in [5.41, 5.74) is 1.62. The van der Waals surface area contributed by atoms with Crippen molar-refractivity contribution in [1.29, 1.82) is 0 Å². The van der Waals surface area contributed by atoms with Crippen LogP contribution in [0, 0.1) is 0 Å². The fourth-order valence-corrected chi connectivity index (χ4v) is 1.98. The van der Waals surface area contributed by atoms with Crippen molar-refractivity contribution in [2.45, 2.75) is 0 Å². The Morgan fingerprint density at radius 1 is 1.10 bits per heavy atom. The Kier molecular flexibility index (Phi) is 5.52. The number of allylic oxidation sites excluding steroid dienone is 1. The molecule has 0 bridgehead atoms. The summed E-state index contributed by atoms with van der Waals surface area (Å²) in [6.45, 7) is 4.08. The van der Waals surface area contributed by atoms with Gasteiger partial charge in [-0.3, -0.25) is 4.79 Å². The lowest BCUT2D eigenvalue weighted by molar-refractivity contribution is 0.104. The third-order valence-electron chi connectivity index (χ3n) is 2.80. The van der Waals surface area contributed by atoms with Crippen LogP contribution >= 0.6 is 15.9 Å². The molecule has 0 heterocycles. The van der Waals surface area contributed by atoms with Gasteiger partial charge < -0.3 is 4.74 Å². The van der Waals surface area contributed by atoms with Gasteiger partial charge in [0, 0.05) is 10.0 Å². The molecule has 3 heteroatoms. The van der Waals surface area contributed by atoms with Gasteiger partial charge in [-0.1, -0.05) is 46.8 Å². The number of halogens is 1. The molecule has 0 aromatic heterocycles. The van der Waals surface area contributed by atoms with Gasteiger partial charge in [-0.05, 0) is 48.0 Å². The fourth-order valence-electron chi connectivity index (χ4n) is 1.71. The quantitative estimate of drug-likeness (QED) is 0.423. The first kappa shape index (κ1) is 15.3. The summed E-state index contributed by atoms with van der Waals surface area (Å²) in [6, 6.07) is 14.8. The summed E-state index contributed by atoms with van der Waals surface area (Å²) in [6.07, 6.45) is 5.06. The van der Waals surface area contributed by atoms with Gasteiger partial charge in [0.2, 0.25) is 0 Å². The van der Waals surface area contributed by atoms with Crippen LogP contribution < -0.4 is 4.74 Å². The van der Waals surface area contributed by atoms with Gasteiger partial charge in [-0.2, -0.15) is 0 Å². The second kappa shape index (κ2) is 7.60. The summed E-state index contributed by atoms with van der Waals surface area (Å²) >= 11 is 3.35. The third-order valence-corrected chi connectivity index (χ3v) is 3.33. The van der Waals surface area contributed by atoms with E-state index in [0.29, 0.717) is 12.2 Å². The first-order valence-electron chi connectivity index (χ1n) is 6.51. The van der Waals surface area contributed by atoms with Gasteiger partial charge in [0.25, 0.3) is 0 Å². The summed E-state index contributed by atoms with van der Waals surface area (Å²) < 4.78 is 6.36. The number of rotatable bonds is 6. The molecule has 2 aromatic rings. The maximum atomic E-state index is 12.0. The molecular formula is C18H15BrO2. The lowest BCUT2D eigenvalue weighted by Crippen LogP contribution is -1.93. The highest BCUT2D eigenvalue weighted by molar-refractivity contribution is 9.10. The molecule has 0 amide bonds. The Morgan fingerprint density at radius 3 is 2.38 bits per heavy atom. The monoisotopic (exact) mass is 342 g/mol. The number of ketones is 1. The molecule has 0 unspecified atom stereocenters. The first-order valence-corrected chi connectivity index (χ1v) is 7.30. The van der Waals surface area contributed by atoms with Crippen molar-refractivity contribution >= 4 is 27.8 Å². The van der Waals surface area contributed by atoms with Crippen molar-refractivity contribution in [3.63, 3.8) is 0 Å². The van der Waals surface area contributed by atoms with E-state index < -0.39 is 0 Å². The number of benzene rings is 2. The fraction of sp³-hybridized carbons (Fsp3) is 0.0556. The SMILES string of the molecule is C=CCOc1ccc(/C=C/C(=O)c2ccc(Br)cc2)cc1. The van der Waals surface area contributed by atoms with Crippen molar-refractivity contribution < 1.29 is 9.53 Å². The molecule has 0 spiro atoms. The molecule has 2 nitrogen and oxygen atoms in total. The smallest absolute Gasteiger partial charge is 0.185 e. The molecular weight excluding hydrogens is 328 g/mol. The molecule has 0 saturated carbocycles. The predicted molar refractivity (Wildman–Crippen MR) is 89.6 cm³/mol. The lowest BCUT2D eigenvalue weighted by Gasteiger charge is -2.02. The van der Waals surface area contributed by atoms with E-state index >= 15 is 0 Å². The van der Waals surface area contributed by atoms with E-state index in [1.54, 1.807) is 30.4 Å². The van der Waals surface area contributed by atoms with Crippen molar-refractivity contribution in [2.24, 2.45) is 0 Å². The zero-order chi connectivity index (χ0) is 15.1. The molecule has 0 saturated heterocycles. The Morgan fingerprint density at radius 2 is 1.76 bits per heavy atom. The molecule has 0 aliphatic carbocycles. The highest BCUT2D eigenvalue weighted by atomic mass is 79.9. The van der Waals surface area contributed by atoms with Gasteiger partial charge >= 0.3 is 0 Å². The number of carbonyl (C=O) groups excluding carboxylic acids is 1. The molecule has 0 radical (unpaired) electrons. The minimum Gasteiger partial charge on any atom is -0.490 e. The lowest BCUT2D eigenvalue weighted by atomic mass is 10.1. The normalized spacial score (nSPS) is 10.5. The summed E-state index contributed by atoms with van der Waals surface area (Å²) in [4.78, 5) is 12.0. The van der Waals surface area contributed by atoms with Gasteiger partial charge in [-0.15, -0.1) is 0 Å². The summed E-state index contributed by atoms with van der Waals surface area (Å²) in [7, 11) is 0. The average molecular weight is 343 g/mol. The average Bonchev–Trinajstić information content (AvgIpc) is 2.52. The minimum absolute atomic E-state index is 0.0190. The highest BCUT2D eigenvalue weighted by Gasteiger charge is 2.01. The minimum atomic E-state index is -0.0190. The van der Waals surface area contributed by atoms with Crippen molar-refractivity contribution in [3.8, 4) is 5.75 Å². The van der Waals surface area contributed by atoms with Crippen LogP contribution in [0.15, 0.2) is 71.7 Å². The Bertz CT molecular complexity index is 640. The van der Waals surface area contributed by atoms with Crippen LogP contribution in [-0.4, -0.2) is 12.4 Å².